The lowest BCUT2D eigenvalue weighted by Gasteiger charge is -2.23. The number of carbonyl (C=O) groups excluding carboxylic acids is 1. The van der Waals surface area contributed by atoms with Gasteiger partial charge in [-0.15, -0.1) is 0 Å². The van der Waals surface area contributed by atoms with Crippen molar-refractivity contribution in [1.82, 2.24) is 15.0 Å². The molecule has 0 unspecified atom stereocenters. The molecule has 0 aliphatic rings. The summed E-state index contributed by atoms with van der Waals surface area (Å²) in [5, 5.41) is 0. The van der Waals surface area contributed by atoms with Crippen molar-refractivity contribution in [3.8, 4) is 0 Å². The lowest BCUT2D eigenvalue weighted by Crippen LogP contribution is -2.36. The summed E-state index contributed by atoms with van der Waals surface area (Å²) >= 11 is 0. The average molecular weight is 282 g/mol. The molecule has 9 heteroatoms. The van der Waals surface area contributed by atoms with Crippen LogP contribution in [0.4, 0.5) is 17.8 Å². The lowest BCUT2D eigenvalue weighted by molar-refractivity contribution is -0.116. The van der Waals surface area contributed by atoms with E-state index in [9.17, 15) is 4.79 Å². The van der Waals surface area contributed by atoms with Crippen molar-refractivity contribution in [1.29, 1.82) is 0 Å². The second kappa shape index (κ2) is 7.43. The zero-order valence-corrected chi connectivity index (χ0v) is 12.1. The molecule has 5 N–H and O–H groups in total. The summed E-state index contributed by atoms with van der Waals surface area (Å²) in [6.45, 7) is 8.00. The van der Waals surface area contributed by atoms with Gasteiger partial charge in [0.2, 0.25) is 23.8 Å². The maximum atomic E-state index is 11.1. The Bertz CT molecular complexity index is 448. The highest BCUT2D eigenvalue weighted by molar-refractivity contribution is 5.78. The van der Waals surface area contributed by atoms with Gasteiger partial charge in [0.25, 0.3) is 0 Å². The molecule has 0 bridgehead atoms. The first-order chi connectivity index (χ1) is 9.55. The maximum absolute atomic E-state index is 11.1. The molecule has 0 fully saturated rings. The van der Waals surface area contributed by atoms with Crippen molar-refractivity contribution in [2.45, 2.75) is 20.8 Å². The number of hydrazine groups is 1. The van der Waals surface area contributed by atoms with Crippen LogP contribution in [-0.4, -0.2) is 47.0 Å². The van der Waals surface area contributed by atoms with Crippen LogP contribution in [0.15, 0.2) is 0 Å². The number of nitrogen functional groups attached to an aromatic ring is 1. The van der Waals surface area contributed by atoms with Gasteiger partial charge < -0.3 is 15.5 Å². The predicted molar refractivity (Wildman–Crippen MR) is 78.3 cm³/mol. The normalized spacial score (nSPS) is 10.2. The molecular weight excluding hydrogens is 260 g/mol. The van der Waals surface area contributed by atoms with E-state index in [1.807, 2.05) is 25.7 Å². The monoisotopic (exact) mass is 282 g/mol. The fourth-order valence-corrected chi connectivity index (χ4v) is 1.72. The number of amides is 1. The van der Waals surface area contributed by atoms with Gasteiger partial charge in [-0.1, -0.05) is 0 Å². The highest BCUT2D eigenvalue weighted by atomic mass is 16.1. The van der Waals surface area contributed by atoms with E-state index in [-0.39, 0.29) is 12.5 Å². The Morgan fingerprint density at radius 3 is 1.95 bits per heavy atom. The Morgan fingerprint density at radius 1 is 1.05 bits per heavy atom. The van der Waals surface area contributed by atoms with Crippen LogP contribution in [-0.2, 0) is 4.79 Å². The molecule has 1 rings (SSSR count). The summed E-state index contributed by atoms with van der Waals surface area (Å²) in [6.07, 6.45) is 0. The van der Waals surface area contributed by atoms with Crippen LogP contribution >= 0.6 is 0 Å². The highest BCUT2D eigenvalue weighted by Crippen LogP contribution is 2.15. The predicted octanol–water partition coefficient (Wildman–Crippen LogP) is -0.685. The Hall–Kier alpha value is -2.16. The van der Waals surface area contributed by atoms with Crippen LogP contribution in [0, 0.1) is 0 Å². The molecule has 1 aromatic heterocycles. The number of anilines is 3. The van der Waals surface area contributed by atoms with Gasteiger partial charge in [0.05, 0.1) is 6.54 Å². The highest BCUT2D eigenvalue weighted by Gasteiger charge is 2.16. The molecule has 1 amide bonds. The summed E-state index contributed by atoms with van der Waals surface area (Å²) in [5.74, 6) is 6.07. The Balaban J connectivity index is 3.17. The quantitative estimate of drug-likeness (QED) is 0.422. The number of nitrogens with zero attached hydrogens (tertiary/aromatic N) is 5. The third-order valence-corrected chi connectivity index (χ3v) is 2.80. The minimum Gasteiger partial charge on any atom is -0.368 e. The van der Waals surface area contributed by atoms with E-state index in [1.54, 1.807) is 4.90 Å². The number of aromatic nitrogens is 3. The van der Waals surface area contributed by atoms with Gasteiger partial charge in [-0.2, -0.15) is 15.0 Å². The number of hydrogen-bond donors (Lipinski definition) is 3. The number of hydrogen-bond acceptors (Lipinski definition) is 8. The third kappa shape index (κ3) is 3.92. The van der Waals surface area contributed by atoms with Gasteiger partial charge >= 0.3 is 0 Å². The van der Waals surface area contributed by atoms with Crippen molar-refractivity contribution in [3.05, 3.63) is 0 Å². The molecule has 0 aliphatic heterocycles. The molecule has 1 aromatic rings. The molecule has 112 valence electrons. The topological polar surface area (TPSA) is 126 Å². The van der Waals surface area contributed by atoms with Crippen LogP contribution in [0.2, 0.25) is 0 Å². The number of nitrogens with one attached hydrogen (secondary N) is 1. The van der Waals surface area contributed by atoms with Gasteiger partial charge in [0.1, 0.15) is 0 Å². The van der Waals surface area contributed by atoms with E-state index in [0.29, 0.717) is 18.4 Å². The Morgan fingerprint density at radius 2 is 1.55 bits per heavy atom. The summed E-state index contributed by atoms with van der Waals surface area (Å²) in [7, 11) is 0. The zero-order valence-electron chi connectivity index (χ0n) is 12.1. The van der Waals surface area contributed by atoms with Gasteiger partial charge in [0, 0.05) is 19.6 Å². The summed E-state index contributed by atoms with van der Waals surface area (Å²) in [6, 6.07) is 0. The maximum Gasteiger partial charge on any atom is 0.243 e. The largest absolute Gasteiger partial charge is 0.368 e. The summed E-state index contributed by atoms with van der Waals surface area (Å²) in [5.41, 5.74) is 7.64. The first-order valence-electron chi connectivity index (χ1n) is 6.56. The molecule has 0 spiro atoms. The fourth-order valence-electron chi connectivity index (χ4n) is 1.72. The van der Waals surface area contributed by atoms with E-state index in [0.717, 1.165) is 13.1 Å². The molecule has 0 saturated carbocycles. The van der Waals surface area contributed by atoms with Crippen LogP contribution in [0.1, 0.15) is 20.8 Å². The van der Waals surface area contributed by atoms with E-state index >= 15 is 0 Å². The first-order valence-corrected chi connectivity index (χ1v) is 6.56. The van der Waals surface area contributed by atoms with Gasteiger partial charge in [-0.3, -0.25) is 10.2 Å². The minimum absolute atomic E-state index is 0.0439. The zero-order chi connectivity index (χ0) is 15.1. The molecule has 0 saturated heterocycles. The Labute approximate surface area is 118 Å². The van der Waals surface area contributed by atoms with E-state index in [4.69, 9.17) is 11.6 Å². The SMILES string of the molecule is CCN(CC)c1nc(NN)nc(N(CC)CC(N)=O)n1. The van der Waals surface area contributed by atoms with E-state index < -0.39 is 5.91 Å². The number of primary amides is 1. The van der Waals surface area contributed by atoms with Crippen LogP contribution in [0.3, 0.4) is 0 Å². The van der Waals surface area contributed by atoms with Crippen molar-refractivity contribution < 1.29 is 4.79 Å². The molecule has 0 aromatic carbocycles. The van der Waals surface area contributed by atoms with Crippen molar-refractivity contribution in [2.24, 2.45) is 11.6 Å². The van der Waals surface area contributed by atoms with Gasteiger partial charge in [-0.05, 0) is 20.8 Å². The van der Waals surface area contributed by atoms with Crippen molar-refractivity contribution in [3.63, 3.8) is 0 Å². The molecule has 0 radical (unpaired) electrons. The molecule has 20 heavy (non-hydrogen) atoms. The molecule has 9 nitrogen and oxygen atoms in total. The average Bonchev–Trinajstić information content (AvgIpc) is 2.45. The summed E-state index contributed by atoms with van der Waals surface area (Å²) in [4.78, 5) is 27.5. The van der Waals surface area contributed by atoms with Crippen molar-refractivity contribution in [2.75, 3.05) is 41.4 Å². The fraction of sp³-hybridized carbons (Fsp3) is 0.636. The smallest absolute Gasteiger partial charge is 0.243 e. The van der Waals surface area contributed by atoms with E-state index in [2.05, 4.69) is 20.4 Å². The molecule has 1 heterocycles. The first kappa shape index (κ1) is 15.9. The number of likely N-dealkylation sites (N-methyl/N-ethyl adjacent to an activating group) is 1. The van der Waals surface area contributed by atoms with Crippen molar-refractivity contribution >= 4 is 23.8 Å². The second-order valence-electron chi connectivity index (χ2n) is 4.06. The van der Waals surface area contributed by atoms with Gasteiger partial charge in [0.15, 0.2) is 0 Å². The lowest BCUT2D eigenvalue weighted by atomic mass is 10.5. The number of rotatable bonds is 8. The van der Waals surface area contributed by atoms with Crippen LogP contribution in [0.25, 0.3) is 0 Å². The van der Waals surface area contributed by atoms with Gasteiger partial charge in [-0.25, -0.2) is 5.84 Å². The number of carbonyl (C=O) groups is 1. The summed E-state index contributed by atoms with van der Waals surface area (Å²) < 4.78 is 0. The minimum atomic E-state index is -0.445. The van der Waals surface area contributed by atoms with Crippen LogP contribution in [0.5, 0.6) is 0 Å². The molecule has 0 aliphatic carbocycles. The second-order valence-corrected chi connectivity index (χ2v) is 4.06. The molecule has 0 atom stereocenters. The third-order valence-electron chi connectivity index (χ3n) is 2.80. The number of nitrogens with two attached hydrogens (primary N) is 2. The molecular formula is C11H22N8O. The Kier molecular flexibility index (Phi) is 5.91. The standard InChI is InChI=1S/C11H22N8O/c1-4-18(5-2)10-14-9(17-13)15-11(16-10)19(6-3)7-8(12)20/h4-7,13H2,1-3H3,(H2,12,20)(H,14,15,16,17). The van der Waals surface area contributed by atoms with E-state index in [1.165, 1.54) is 0 Å². The van der Waals surface area contributed by atoms with Crippen LogP contribution < -0.4 is 26.8 Å².